The van der Waals surface area contributed by atoms with Gasteiger partial charge in [-0.25, -0.2) is 18.2 Å². The van der Waals surface area contributed by atoms with Crippen molar-refractivity contribution in [2.45, 2.75) is 11.8 Å². The maximum Gasteiger partial charge on any atom is 0.347 e. The number of pyridine rings is 1. The molecule has 0 unspecified atom stereocenters. The Morgan fingerprint density at radius 3 is 2.90 bits per heavy atom. The molecule has 112 valence electrons. The second kappa shape index (κ2) is 6.10. The van der Waals surface area contributed by atoms with E-state index in [1.165, 1.54) is 23.7 Å². The number of aromatic carboxylic acids is 1. The average molecular weight is 328 g/mol. The van der Waals surface area contributed by atoms with Crippen LogP contribution >= 0.6 is 11.3 Å². The van der Waals surface area contributed by atoms with E-state index in [0.29, 0.717) is 6.61 Å². The van der Waals surface area contributed by atoms with Crippen LogP contribution in [0.3, 0.4) is 0 Å². The molecule has 21 heavy (non-hydrogen) atoms. The second-order valence-electron chi connectivity index (χ2n) is 3.81. The minimum Gasteiger partial charge on any atom is -0.477 e. The van der Waals surface area contributed by atoms with Gasteiger partial charge in [0.25, 0.3) is 10.0 Å². The van der Waals surface area contributed by atoms with Gasteiger partial charge in [0.05, 0.1) is 6.61 Å². The summed E-state index contributed by atoms with van der Waals surface area (Å²) in [5.74, 6) is -1.16. The molecule has 2 heterocycles. The smallest absolute Gasteiger partial charge is 0.347 e. The van der Waals surface area contributed by atoms with Crippen molar-refractivity contribution in [2.24, 2.45) is 0 Å². The molecule has 0 fully saturated rings. The number of hydrogen-bond donors (Lipinski definition) is 2. The van der Waals surface area contributed by atoms with Gasteiger partial charge >= 0.3 is 5.97 Å². The molecule has 2 aromatic heterocycles. The SMILES string of the molecule is CCOc1ncccc1NS(=O)(=O)c1ccsc1C(=O)O. The second-order valence-corrected chi connectivity index (χ2v) is 6.38. The summed E-state index contributed by atoms with van der Waals surface area (Å²) in [6, 6.07) is 4.28. The summed E-state index contributed by atoms with van der Waals surface area (Å²) < 4.78 is 32.1. The number of carbonyl (C=O) groups is 1. The third kappa shape index (κ3) is 3.31. The summed E-state index contributed by atoms with van der Waals surface area (Å²) in [5, 5.41) is 10.4. The molecule has 0 radical (unpaired) electrons. The minimum absolute atomic E-state index is 0.135. The average Bonchev–Trinajstić information content (AvgIpc) is 2.91. The van der Waals surface area contributed by atoms with E-state index in [-0.39, 0.29) is 21.3 Å². The van der Waals surface area contributed by atoms with Gasteiger partial charge < -0.3 is 9.84 Å². The number of anilines is 1. The van der Waals surface area contributed by atoms with Gasteiger partial charge in [0.15, 0.2) is 0 Å². The van der Waals surface area contributed by atoms with Crippen LogP contribution in [-0.2, 0) is 10.0 Å². The topological polar surface area (TPSA) is 106 Å². The van der Waals surface area contributed by atoms with Crippen molar-refractivity contribution < 1.29 is 23.1 Å². The van der Waals surface area contributed by atoms with Crippen LogP contribution in [0.2, 0.25) is 0 Å². The summed E-state index contributed by atoms with van der Waals surface area (Å²) in [6.45, 7) is 2.07. The van der Waals surface area contributed by atoms with E-state index in [9.17, 15) is 13.2 Å². The zero-order chi connectivity index (χ0) is 15.5. The highest BCUT2D eigenvalue weighted by Gasteiger charge is 2.25. The first-order valence-electron chi connectivity index (χ1n) is 5.87. The van der Waals surface area contributed by atoms with Crippen LogP contribution in [-0.4, -0.2) is 31.1 Å². The molecular formula is C12H12N2O5S2. The Morgan fingerprint density at radius 1 is 1.48 bits per heavy atom. The third-order valence-corrected chi connectivity index (χ3v) is 4.85. The van der Waals surface area contributed by atoms with Crippen molar-refractivity contribution in [1.82, 2.24) is 4.98 Å². The number of carboxylic acids is 1. The maximum atomic E-state index is 12.3. The quantitative estimate of drug-likeness (QED) is 0.840. The number of thiophene rings is 1. The zero-order valence-electron chi connectivity index (χ0n) is 10.9. The fourth-order valence-electron chi connectivity index (χ4n) is 1.59. The Morgan fingerprint density at radius 2 is 2.24 bits per heavy atom. The Hall–Kier alpha value is -2.13. The summed E-state index contributed by atoms with van der Waals surface area (Å²) >= 11 is 0.844. The van der Waals surface area contributed by atoms with E-state index in [1.807, 2.05) is 0 Å². The van der Waals surface area contributed by atoms with Gasteiger partial charge in [-0.2, -0.15) is 0 Å². The summed E-state index contributed by atoms with van der Waals surface area (Å²) in [6.07, 6.45) is 1.47. The fourth-order valence-corrected chi connectivity index (χ4v) is 3.90. The minimum atomic E-state index is -4.03. The van der Waals surface area contributed by atoms with E-state index in [4.69, 9.17) is 9.84 Å². The van der Waals surface area contributed by atoms with Crippen LogP contribution in [0.25, 0.3) is 0 Å². The summed E-state index contributed by atoms with van der Waals surface area (Å²) in [7, 11) is -4.03. The molecule has 2 N–H and O–H groups in total. The molecule has 0 amide bonds. The van der Waals surface area contributed by atoms with Crippen LogP contribution in [0.4, 0.5) is 5.69 Å². The first-order valence-corrected chi connectivity index (χ1v) is 8.23. The lowest BCUT2D eigenvalue weighted by atomic mass is 10.4. The highest BCUT2D eigenvalue weighted by molar-refractivity contribution is 7.93. The molecule has 0 saturated heterocycles. The van der Waals surface area contributed by atoms with E-state index >= 15 is 0 Å². The zero-order valence-corrected chi connectivity index (χ0v) is 12.6. The van der Waals surface area contributed by atoms with Crippen molar-refractivity contribution in [2.75, 3.05) is 11.3 Å². The van der Waals surface area contributed by atoms with Crippen LogP contribution in [0.5, 0.6) is 5.88 Å². The van der Waals surface area contributed by atoms with Crippen LogP contribution < -0.4 is 9.46 Å². The lowest BCUT2D eigenvalue weighted by Crippen LogP contribution is -2.16. The van der Waals surface area contributed by atoms with Gasteiger partial charge in [-0.3, -0.25) is 4.72 Å². The van der Waals surface area contributed by atoms with Crippen LogP contribution in [0, 0.1) is 0 Å². The molecule has 7 nitrogen and oxygen atoms in total. The molecule has 0 bridgehead atoms. The van der Waals surface area contributed by atoms with E-state index in [0.717, 1.165) is 11.3 Å². The molecule has 9 heteroatoms. The molecule has 0 atom stereocenters. The normalized spacial score (nSPS) is 11.1. The van der Waals surface area contributed by atoms with Crippen molar-refractivity contribution in [3.05, 3.63) is 34.7 Å². The number of nitrogens with one attached hydrogen (secondary N) is 1. The lowest BCUT2D eigenvalue weighted by molar-refractivity contribution is 0.0698. The molecule has 0 aliphatic rings. The molecule has 0 aliphatic heterocycles. The predicted octanol–water partition coefficient (Wildman–Crippen LogP) is 2.04. The summed E-state index contributed by atoms with van der Waals surface area (Å²) in [5.41, 5.74) is 0.155. The number of hydrogen-bond acceptors (Lipinski definition) is 6. The molecule has 0 aromatic carbocycles. The van der Waals surface area contributed by atoms with Gasteiger partial charge in [-0.1, -0.05) is 0 Å². The molecule has 0 spiro atoms. The van der Waals surface area contributed by atoms with Gasteiger partial charge in [-0.15, -0.1) is 11.3 Å². The first-order chi connectivity index (χ1) is 9.95. The standard InChI is InChI=1S/C12H12N2O5S2/c1-2-19-11-8(4-3-6-13-11)14-21(17,18)9-5-7-20-10(9)12(15)16/h3-7,14H,2H2,1H3,(H,15,16). The molecule has 0 aliphatic carbocycles. The third-order valence-electron chi connectivity index (χ3n) is 2.41. The Labute approximate surface area is 125 Å². The van der Waals surface area contributed by atoms with E-state index < -0.39 is 16.0 Å². The molecule has 2 aromatic rings. The summed E-state index contributed by atoms with van der Waals surface area (Å²) in [4.78, 5) is 14.4. The predicted molar refractivity (Wildman–Crippen MR) is 77.5 cm³/mol. The fraction of sp³-hybridized carbons (Fsp3) is 0.167. The van der Waals surface area contributed by atoms with Crippen molar-refractivity contribution in [1.29, 1.82) is 0 Å². The number of rotatable bonds is 6. The molecular weight excluding hydrogens is 316 g/mol. The van der Waals surface area contributed by atoms with E-state index in [2.05, 4.69) is 9.71 Å². The number of ether oxygens (including phenoxy) is 1. The van der Waals surface area contributed by atoms with E-state index in [1.54, 1.807) is 13.0 Å². The Bertz CT molecular complexity index is 755. The van der Waals surface area contributed by atoms with Gasteiger partial charge in [0.2, 0.25) is 5.88 Å². The van der Waals surface area contributed by atoms with Gasteiger partial charge in [0, 0.05) is 6.20 Å². The van der Waals surface area contributed by atoms with Crippen LogP contribution in [0.1, 0.15) is 16.6 Å². The highest BCUT2D eigenvalue weighted by atomic mass is 32.2. The number of carboxylic acid groups (broad SMARTS) is 1. The Kier molecular flexibility index (Phi) is 4.43. The largest absolute Gasteiger partial charge is 0.477 e. The number of nitrogens with zero attached hydrogens (tertiary/aromatic N) is 1. The molecule has 0 saturated carbocycles. The van der Waals surface area contributed by atoms with Crippen molar-refractivity contribution in [3.8, 4) is 5.88 Å². The van der Waals surface area contributed by atoms with Gasteiger partial charge in [0.1, 0.15) is 15.5 Å². The van der Waals surface area contributed by atoms with Crippen molar-refractivity contribution >= 4 is 33.0 Å². The van der Waals surface area contributed by atoms with Crippen molar-refractivity contribution in [3.63, 3.8) is 0 Å². The lowest BCUT2D eigenvalue weighted by Gasteiger charge is -2.11. The molecule has 2 rings (SSSR count). The maximum absolute atomic E-state index is 12.3. The van der Waals surface area contributed by atoms with Gasteiger partial charge in [-0.05, 0) is 30.5 Å². The monoisotopic (exact) mass is 328 g/mol. The Balaban J connectivity index is 2.38. The number of aromatic nitrogens is 1. The first kappa shape index (κ1) is 15.3. The number of sulfonamides is 1. The van der Waals surface area contributed by atoms with Crippen LogP contribution in [0.15, 0.2) is 34.7 Å². The highest BCUT2D eigenvalue weighted by Crippen LogP contribution is 2.27.